The molecular weight excluding hydrogens is 465 g/mol. The van der Waals surface area contributed by atoms with Crippen LogP contribution in [0, 0.1) is 15.9 Å². The van der Waals surface area contributed by atoms with Gasteiger partial charge in [0.15, 0.2) is 6.61 Å². The largest absolute Gasteiger partial charge is 0.484 e. The lowest BCUT2D eigenvalue weighted by molar-refractivity contribution is -0.384. The van der Waals surface area contributed by atoms with Crippen LogP contribution in [0.15, 0.2) is 47.4 Å². The minimum absolute atomic E-state index is 0.0108. The second-order valence-corrected chi connectivity index (χ2v) is 7.80. The van der Waals surface area contributed by atoms with E-state index in [0.29, 0.717) is 17.3 Å². The number of benzene rings is 2. The summed E-state index contributed by atoms with van der Waals surface area (Å²) in [7, 11) is 0. The van der Waals surface area contributed by atoms with E-state index >= 15 is 0 Å². The fourth-order valence-electron chi connectivity index (χ4n) is 2.67. The number of amides is 3. The van der Waals surface area contributed by atoms with E-state index in [4.69, 9.17) is 16.3 Å². The van der Waals surface area contributed by atoms with Crippen LogP contribution in [0.25, 0.3) is 6.08 Å². The maximum atomic E-state index is 13.1. The standard InChI is InChI=1S/C20H15ClFN3O6S/c21-15-5-4-12(8-16(15)25(29)30)9-17-19(27)24(20(28)32-17)7-6-23-18(26)11-31-14-3-1-2-13(22)10-14/h1-5,8-10H,6-7,11H2,(H,23,26)/b17-9-. The molecule has 1 saturated heterocycles. The van der Waals surface area contributed by atoms with E-state index in [0.717, 1.165) is 11.0 Å². The number of nitro groups is 1. The zero-order valence-electron chi connectivity index (χ0n) is 16.2. The fourth-order valence-corrected chi connectivity index (χ4v) is 3.72. The van der Waals surface area contributed by atoms with Crippen LogP contribution >= 0.6 is 23.4 Å². The van der Waals surface area contributed by atoms with Gasteiger partial charge >= 0.3 is 0 Å². The third kappa shape index (κ3) is 5.83. The number of ether oxygens (including phenoxy) is 1. The molecule has 0 radical (unpaired) electrons. The van der Waals surface area contributed by atoms with Crippen LogP contribution in [0.3, 0.4) is 0 Å². The van der Waals surface area contributed by atoms with Crippen molar-refractivity contribution in [3.63, 3.8) is 0 Å². The molecule has 0 bridgehead atoms. The van der Waals surface area contributed by atoms with Gasteiger partial charge in [0.05, 0.1) is 9.83 Å². The molecular formula is C20H15ClFN3O6S. The topological polar surface area (TPSA) is 119 Å². The van der Waals surface area contributed by atoms with E-state index < -0.39 is 27.8 Å². The van der Waals surface area contributed by atoms with Gasteiger partial charge in [0.25, 0.3) is 22.7 Å². The number of rotatable bonds is 8. The van der Waals surface area contributed by atoms with Crippen molar-refractivity contribution in [1.29, 1.82) is 0 Å². The molecule has 1 aliphatic heterocycles. The average Bonchev–Trinajstić information content (AvgIpc) is 3.01. The first-order chi connectivity index (χ1) is 15.2. The summed E-state index contributed by atoms with van der Waals surface area (Å²) in [6.07, 6.45) is 1.36. The molecule has 2 aromatic carbocycles. The van der Waals surface area contributed by atoms with Gasteiger partial charge in [-0.05, 0) is 41.6 Å². The van der Waals surface area contributed by atoms with Crippen molar-refractivity contribution in [3.8, 4) is 5.75 Å². The number of carbonyl (C=O) groups excluding carboxylic acids is 3. The molecule has 1 aliphatic rings. The molecule has 12 heteroatoms. The second kappa shape index (κ2) is 10.2. The zero-order valence-corrected chi connectivity index (χ0v) is 17.8. The van der Waals surface area contributed by atoms with E-state index in [1.54, 1.807) is 0 Å². The summed E-state index contributed by atoms with van der Waals surface area (Å²) in [5, 5.41) is 12.9. The first-order valence-electron chi connectivity index (χ1n) is 9.09. The summed E-state index contributed by atoms with van der Waals surface area (Å²) < 4.78 is 18.3. The highest BCUT2D eigenvalue weighted by molar-refractivity contribution is 8.18. The van der Waals surface area contributed by atoms with Crippen LogP contribution in [-0.2, 0) is 9.59 Å². The normalized spacial score (nSPS) is 14.7. The van der Waals surface area contributed by atoms with Crippen molar-refractivity contribution in [1.82, 2.24) is 10.2 Å². The Morgan fingerprint density at radius 2 is 2.06 bits per heavy atom. The number of nitrogens with zero attached hydrogens (tertiary/aromatic N) is 2. The summed E-state index contributed by atoms with van der Waals surface area (Å²) in [6, 6.07) is 9.34. The zero-order chi connectivity index (χ0) is 23.3. The first kappa shape index (κ1) is 23.2. The summed E-state index contributed by atoms with van der Waals surface area (Å²) >= 11 is 6.46. The van der Waals surface area contributed by atoms with Crippen molar-refractivity contribution >= 4 is 52.2 Å². The van der Waals surface area contributed by atoms with Crippen molar-refractivity contribution in [2.24, 2.45) is 0 Å². The average molecular weight is 480 g/mol. The van der Waals surface area contributed by atoms with Gasteiger partial charge in [0.1, 0.15) is 16.6 Å². The van der Waals surface area contributed by atoms with E-state index in [2.05, 4.69) is 5.32 Å². The maximum Gasteiger partial charge on any atom is 0.293 e. The summed E-state index contributed by atoms with van der Waals surface area (Å²) in [6.45, 7) is -0.446. The number of halogens is 2. The van der Waals surface area contributed by atoms with Crippen molar-refractivity contribution in [2.75, 3.05) is 19.7 Å². The van der Waals surface area contributed by atoms with Crippen LogP contribution in [0.2, 0.25) is 5.02 Å². The molecule has 1 heterocycles. The molecule has 32 heavy (non-hydrogen) atoms. The highest BCUT2D eigenvalue weighted by atomic mass is 35.5. The SMILES string of the molecule is O=C(COc1cccc(F)c1)NCCN1C(=O)S/C(=C\c2ccc(Cl)c([N+](=O)[O-])c2)C1=O. The van der Waals surface area contributed by atoms with Crippen LogP contribution in [-0.4, -0.2) is 46.6 Å². The number of imide groups is 1. The Balaban J connectivity index is 1.54. The first-order valence-corrected chi connectivity index (χ1v) is 10.3. The fraction of sp³-hybridized carbons (Fsp3) is 0.150. The van der Waals surface area contributed by atoms with Gasteiger partial charge in [-0.3, -0.25) is 29.4 Å². The summed E-state index contributed by atoms with van der Waals surface area (Å²) in [4.78, 5) is 47.9. The number of hydrogen-bond donors (Lipinski definition) is 1. The Morgan fingerprint density at radius 1 is 1.28 bits per heavy atom. The van der Waals surface area contributed by atoms with Gasteiger partial charge in [-0.2, -0.15) is 0 Å². The van der Waals surface area contributed by atoms with E-state index in [1.807, 2.05) is 0 Å². The lowest BCUT2D eigenvalue weighted by Gasteiger charge is -2.13. The molecule has 0 unspecified atom stereocenters. The molecule has 0 spiro atoms. The van der Waals surface area contributed by atoms with E-state index in [1.165, 1.54) is 42.5 Å². The van der Waals surface area contributed by atoms with Crippen molar-refractivity contribution in [3.05, 3.63) is 73.9 Å². The highest BCUT2D eigenvalue weighted by Crippen LogP contribution is 2.33. The quantitative estimate of drug-likeness (QED) is 0.349. The summed E-state index contributed by atoms with van der Waals surface area (Å²) in [5.74, 6) is -1.39. The van der Waals surface area contributed by atoms with Crippen LogP contribution in [0.4, 0.5) is 14.9 Å². The smallest absolute Gasteiger partial charge is 0.293 e. The van der Waals surface area contributed by atoms with Crippen molar-refractivity contribution < 1.29 is 28.4 Å². The Hall–Kier alpha value is -3.44. The third-order valence-electron chi connectivity index (χ3n) is 4.16. The molecule has 1 fully saturated rings. The molecule has 0 saturated carbocycles. The maximum absolute atomic E-state index is 13.1. The van der Waals surface area contributed by atoms with Crippen molar-refractivity contribution in [2.45, 2.75) is 0 Å². The number of hydrogen-bond acceptors (Lipinski definition) is 7. The molecule has 1 N–H and O–H groups in total. The molecule has 0 aliphatic carbocycles. The number of carbonyl (C=O) groups is 3. The summed E-state index contributed by atoms with van der Waals surface area (Å²) in [5.41, 5.74) is 0.0252. The lowest BCUT2D eigenvalue weighted by Crippen LogP contribution is -2.38. The molecule has 0 aromatic heterocycles. The molecule has 9 nitrogen and oxygen atoms in total. The lowest BCUT2D eigenvalue weighted by atomic mass is 10.2. The van der Waals surface area contributed by atoms with Crippen LogP contribution in [0.5, 0.6) is 5.75 Å². The molecule has 3 amide bonds. The van der Waals surface area contributed by atoms with Gasteiger partial charge in [-0.25, -0.2) is 4.39 Å². The Bertz CT molecular complexity index is 1130. The highest BCUT2D eigenvalue weighted by Gasteiger charge is 2.34. The van der Waals surface area contributed by atoms with Crippen LogP contribution < -0.4 is 10.1 Å². The number of thioether (sulfide) groups is 1. The number of nitrogens with one attached hydrogen (secondary N) is 1. The predicted octanol–water partition coefficient (Wildman–Crippen LogP) is 3.62. The Kier molecular flexibility index (Phi) is 7.44. The van der Waals surface area contributed by atoms with E-state index in [9.17, 15) is 28.9 Å². The van der Waals surface area contributed by atoms with Gasteiger partial charge < -0.3 is 10.1 Å². The van der Waals surface area contributed by atoms with Gasteiger partial charge in [0.2, 0.25) is 0 Å². The Morgan fingerprint density at radius 3 is 2.78 bits per heavy atom. The number of nitro benzene ring substituents is 1. The third-order valence-corrected chi connectivity index (χ3v) is 5.39. The minimum atomic E-state index is -0.647. The molecule has 3 rings (SSSR count). The Labute approximate surface area is 190 Å². The van der Waals surface area contributed by atoms with E-state index in [-0.39, 0.29) is 41.1 Å². The molecule has 2 aromatic rings. The molecule has 166 valence electrons. The second-order valence-electron chi connectivity index (χ2n) is 6.40. The minimum Gasteiger partial charge on any atom is -0.484 e. The van der Waals surface area contributed by atoms with Gasteiger partial charge in [-0.1, -0.05) is 23.7 Å². The predicted molar refractivity (Wildman–Crippen MR) is 116 cm³/mol. The van der Waals surface area contributed by atoms with Crippen LogP contribution in [0.1, 0.15) is 5.56 Å². The molecule has 0 atom stereocenters. The van der Waals surface area contributed by atoms with Gasteiger partial charge in [0, 0.05) is 25.2 Å². The van der Waals surface area contributed by atoms with Gasteiger partial charge in [-0.15, -0.1) is 0 Å². The monoisotopic (exact) mass is 479 g/mol.